The number of hydrogen-bond acceptors (Lipinski definition) is 5. The second-order valence-electron chi connectivity index (χ2n) is 4.99. The summed E-state index contributed by atoms with van der Waals surface area (Å²) in [6.45, 7) is 8.93. The highest BCUT2D eigenvalue weighted by Crippen LogP contribution is 2.22. The molecule has 0 unspecified atom stereocenters. The van der Waals surface area contributed by atoms with Gasteiger partial charge in [-0.3, -0.25) is 0 Å². The Kier molecular flexibility index (Phi) is 5.38. The fourth-order valence-corrected chi connectivity index (χ4v) is 3.21. The molecule has 4 nitrogen and oxygen atoms in total. The SMILES string of the molecule is CCCN(CC1CCNCC1)c1nc(CC)ns1. The van der Waals surface area contributed by atoms with E-state index in [4.69, 9.17) is 0 Å². The summed E-state index contributed by atoms with van der Waals surface area (Å²) in [6, 6.07) is 0. The van der Waals surface area contributed by atoms with Crippen LogP contribution in [0.4, 0.5) is 5.13 Å². The first-order valence-corrected chi connectivity index (χ1v) is 7.89. The van der Waals surface area contributed by atoms with Crippen LogP contribution in [-0.2, 0) is 6.42 Å². The first-order valence-electron chi connectivity index (χ1n) is 7.11. The Balaban J connectivity index is 1.97. The molecule has 1 aromatic heterocycles. The summed E-state index contributed by atoms with van der Waals surface area (Å²) < 4.78 is 4.41. The molecule has 0 aliphatic carbocycles. The third-order valence-corrected chi connectivity index (χ3v) is 4.29. The Morgan fingerprint density at radius 2 is 2.11 bits per heavy atom. The fraction of sp³-hybridized carbons (Fsp3) is 0.846. The first kappa shape index (κ1) is 13.7. The highest BCUT2D eigenvalue weighted by molar-refractivity contribution is 7.09. The molecule has 5 heteroatoms. The summed E-state index contributed by atoms with van der Waals surface area (Å²) in [7, 11) is 0. The van der Waals surface area contributed by atoms with E-state index in [0.717, 1.165) is 36.4 Å². The van der Waals surface area contributed by atoms with Crippen molar-refractivity contribution in [3.8, 4) is 0 Å². The van der Waals surface area contributed by atoms with Gasteiger partial charge in [0.05, 0.1) is 0 Å². The number of rotatable bonds is 6. The molecule has 0 bridgehead atoms. The van der Waals surface area contributed by atoms with Gasteiger partial charge in [0.2, 0.25) is 5.13 Å². The molecule has 1 saturated heterocycles. The van der Waals surface area contributed by atoms with Gasteiger partial charge in [-0.1, -0.05) is 13.8 Å². The van der Waals surface area contributed by atoms with Gasteiger partial charge in [-0.2, -0.15) is 4.37 Å². The molecule has 1 aliphatic rings. The Morgan fingerprint density at radius 3 is 2.72 bits per heavy atom. The molecule has 1 N–H and O–H groups in total. The number of piperidine rings is 1. The average Bonchev–Trinajstić information content (AvgIpc) is 2.88. The van der Waals surface area contributed by atoms with Gasteiger partial charge in [0.15, 0.2) is 0 Å². The van der Waals surface area contributed by atoms with Crippen molar-refractivity contribution >= 4 is 16.7 Å². The molecule has 0 aromatic carbocycles. The summed E-state index contributed by atoms with van der Waals surface area (Å²) in [5.41, 5.74) is 0. The van der Waals surface area contributed by atoms with Crippen molar-refractivity contribution in [2.45, 2.75) is 39.5 Å². The molecule has 0 saturated carbocycles. The number of hydrogen-bond donors (Lipinski definition) is 1. The van der Waals surface area contributed by atoms with Crippen molar-refractivity contribution in [1.82, 2.24) is 14.7 Å². The highest BCUT2D eigenvalue weighted by atomic mass is 32.1. The van der Waals surface area contributed by atoms with Crippen LogP contribution in [-0.4, -0.2) is 35.5 Å². The Morgan fingerprint density at radius 1 is 1.33 bits per heavy atom. The Hall–Kier alpha value is -0.680. The minimum Gasteiger partial charge on any atom is -0.347 e. The van der Waals surface area contributed by atoms with E-state index >= 15 is 0 Å². The van der Waals surface area contributed by atoms with Gasteiger partial charge >= 0.3 is 0 Å². The average molecular weight is 268 g/mol. The van der Waals surface area contributed by atoms with Crippen LogP contribution in [0.1, 0.15) is 38.9 Å². The zero-order valence-corrected chi connectivity index (χ0v) is 12.3. The molecule has 0 spiro atoms. The lowest BCUT2D eigenvalue weighted by atomic mass is 9.97. The second-order valence-corrected chi connectivity index (χ2v) is 5.72. The van der Waals surface area contributed by atoms with E-state index in [1.54, 1.807) is 11.5 Å². The molecule has 2 rings (SSSR count). The van der Waals surface area contributed by atoms with Gasteiger partial charge in [-0.05, 0) is 38.3 Å². The van der Waals surface area contributed by atoms with Crippen molar-refractivity contribution in [3.05, 3.63) is 5.82 Å². The molecule has 0 amide bonds. The fourth-order valence-electron chi connectivity index (χ4n) is 2.43. The summed E-state index contributed by atoms with van der Waals surface area (Å²) in [4.78, 5) is 7.07. The summed E-state index contributed by atoms with van der Waals surface area (Å²) in [6.07, 6.45) is 4.69. The van der Waals surface area contributed by atoms with E-state index in [2.05, 4.69) is 33.4 Å². The van der Waals surface area contributed by atoms with Crippen LogP contribution in [0.15, 0.2) is 0 Å². The van der Waals surface area contributed by atoms with Gasteiger partial charge in [-0.25, -0.2) is 4.98 Å². The van der Waals surface area contributed by atoms with Gasteiger partial charge in [0, 0.05) is 31.0 Å². The lowest BCUT2D eigenvalue weighted by Crippen LogP contribution is -2.36. The maximum Gasteiger partial charge on any atom is 0.205 e. The van der Waals surface area contributed by atoms with Crippen LogP contribution < -0.4 is 10.2 Å². The van der Waals surface area contributed by atoms with Crippen molar-refractivity contribution in [2.24, 2.45) is 5.92 Å². The molecular weight excluding hydrogens is 244 g/mol. The van der Waals surface area contributed by atoms with Gasteiger partial charge < -0.3 is 10.2 Å². The maximum atomic E-state index is 4.63. The Labute approximate surface area is 114 Å². The summed E-state index contributed by atoms with van der Waals surface area (Å²) >= 11 is 1.56. The van der Waals surface area contributed by atoms with Crippen molar-refractivity contribution in [2.75, 3.05) is 31.1 Å². The Bertz CT molecular complexity index is 347. The topological polar surface area (TPSA) is 41.0 Å². The summed E-state index contributed by atoms with van der Waals surface area (Å²) in [5.74, 6) is 1.80. The number of nitrogens with zero attached hydrogens (tertiary/aromatic N) is 3. The third-order valence-electron chi connectivity index (χ3n) is 3.47. The smallest absolute Gasteiger partial charge is 0.205 e. The van der Waals surface area contributed by atoms with Crippen molar-refractivity contribution in [3.63, 3.8) is 0 Å². The molecule has 1 aliphatic heterocycles. The lowest BCUT2D eigenvalue weighted by molar-refractivity contribution is 0.373. The zero-order chi connectivity index (χ0) is 12.8. The molecule has 2 heterocycles. The van der Waals surface area contributed by atoms with Crippen LogP contribution in [0.5, 0.6) is 0 Å². The van der Waals surface area contributed by atoms with E-state index in [9.17, 15) is 0 Å². The normalized spacial score (nSPS) is 17.0. The van der Waals surface area contributed by atoms with E-state index in [1.165, 1.54) is 32.4 Å². The van der Waals surface area contributed by atoms with Crippen LogP contribution in [0.2, 0.25) is 0 Å². The third kappa shape index (κ3) is 3.65. The first-order chi connectivity index (χ1) is 8.83. The highest BCUT2D eigenvalue weighted by Gasteiger charge is 2.19. The monoisotopic (exact) mass is 268 g/mol. The number of nitrogens with one attached hydrogen (secondary N) is 1. The molecule has 0 radical (unpaired) electrons. The molecule has 0 atom stereocenters. The molecule has 102 valence electrons. The lowest BCUT2D eigenvalue weighted by Gasteiger charge is -2.29. The van der Waals surface area contributed by atoms with E-state index in [-0.39, 0.29) is 0 Å². The van der Waals surface area contributed by atoms with Gasteiger partial charge in [0.1, 0.15) is 5.82 Å². The number of aryl methyl sites for hydroxylation is 1. The molecular formula is C13H24N4S. The number of anilines is 1. The zero-order valence-electron chi connectivity index (χ0n) is 11.5. The molecule has 1 aromatic rings. The van der Waals surface area contributed by atoms with E-state index in [0.29, 0.717) is 0 Å². The molecule has 1 fully saturated rings. The summed E-state index contributed by atoms with van der Waals surface area (Å²) in [5, 5.41) is 4.55. The minimum absolute atomic E-state index is 0.812. The van der Waals surface area contributed by atoms with E-state index in [1.807, 2.05) is 0 Å². The minimum atomic E-state index is 0.812. The maximum absolute atomic E-state index is 4.63. The van der Waals surface area contributed by atoms with Crippen LogP contribution in [0.3, 0.4) is 0 Å². The van der Waals surface area contributed by atoms with Crippen LogP contribution in [0, 0.1) is 5.92 Å². The van der Waals surface area contributed by atoms with Gasteiger partial charge in [0.25, 0.3) is 0 Å². The van der Waals surface area contributed by atoms with Crippen molar-refractivity contribution < 1.29 is 0 Å². The molecule has 18 heavy (non-hydrogen) atoms. The quantitative estimate of drug-likeness (QED) is 0.859. The van der Waals surface area contributed by atoms with E-state index < -0.39 is 0 Å². The van der Waals surface area contributed by atoms with Crippen LogP contribution >= 0.6 is 11.5 Å². The van der Waals surface area contributed by atoms with Crippen molar-refractivity contribution in [1.29, 1.82) is 0 Å². The predicted molar refractivity (Wildman–Crippen MR) is 77.4 cm³/mol. The second kappa shape index (κ2) is 7.04. The number of aromatic nitrogens is 2. The van der Waals surface area contributed by atoms with Crippen LogP contribution in [0.25, 0.3) is 0 Å². The predicted octanol–water partition coefficient (Wildman–Crippen LogP) is 2.32. The van der Waals surface area contributed by atoms with Gasteiger partial charge in [-0.15, -0.1) is 0 Å². The largest absolute Gasteiger partial charge is 0.347 e. The standard InChI is InChI=1S/C13H24N4S/c1-3-9-17(10-11-5-7-14-8-6-11)13-15-12(4-2)16-18-13/h11,14H,3-10H2,1-2H3.